The van der Waals surface area contributed by atoms with Gasteiger partial charge >= 0.3 is 23.8 Å². The molecule has 34 heavy (non-hydrogen) atoms. The van der Waals surface area contributed by atoms with E-state index in [0.717, 1.165) is 4.57 Å². The number of rotatable bonds is 5. The third-order valence-corrected chi connectivity index (χ3v) is 4.20. The van der Waals surface area contributed by atoms with Crippen molar-refractivity contribution >= 4 is 23.9 Å². The van der Waals surface area contributed by atoms with Gasteiger partial charge in [-0.1, -0.05) is 12.1 Å². The predicted molar refractivity (Wildman–Crippen MR) is 121 cm³/mol. The normalized spacial score (nSPS) is 11.9. The molecular formula is C22H24N6O6. The van der Waals surface area contributed by atoms with Crippen molar-refractivity contribution in [3.05, 3.63) is 65.7 Å². The van der Waals surface area contributed by atoms with E-state index in [9.17, 15) is 19.2 Å². The smallest absolute Gasteiger partial charge is 0.408 e. The van der Waals surface area contributed by atoms with E-state index >= 15 is 0 Å². The lowest BCUT2D eigenvalue weighted by Gasteiger charge is -2.21. The number of esters is 1. The van der Waals surface area contributed by atoms with Crippen molar-refractivity contribution in [1.82, 2.24) is 24.4 Å². The van der Waals surface area contributed by atoms with Crippen molar-refractivity contribution in [3.8, 4) is 11.4 Å². The molecule has 12 nitrogen and oxygen atoms in total. The number of benzene rings is 1. The van der Waals surface area contributed by atoms with E-state index in [1.54, 1.807) is 39.0 Å². The molecule has 2 N–H and O–H groups in total. The molecule has 0 bridgehead atoms. The predicted octanol–water partition coefficient (Wildman–Crippen LogP) is 2.33. The Kier molecular flexibility index (Phi) is 7.09. The van der Waals surface area contributed by atoms with Crippen LogP contribution < -0.4 is 21.1 Å². The van der Waals surface area contributed by atoms with E-state index in [1.165, 1.54) is 48.5 Å². The van der Waals surface area contributed by atoms with Crippen LogP contribution in [-0.4, -0.2) is 48.8 Å². The Hall–Kier alpha value is -4.48. The van der Waals surface area contributed by atoms with Crippen LogP contribution in [0.3, 0.4) is 0 Å². The summed E-state index contributed by atoms with van der Waals surface area (Å²) in [5.41, 5.74) is -1.20. The van der Waals surface area contributed by atoms with Crippen molar-refractivity contribution in [2.24, 2.45) is 0 Å². The molecule has 3 aromatic rings. The summed E-state index contributed by atoms with van der Waals surface area (Å²) in [6.45, 7) is 6.55. The minimum atomic E-state index is -1.02. The first-order chi connectivity index (χ1) is 16.0. The van der Waals surface area contributed by atoms with Gasteiger partial charge in [0.2, 0.25) is 0 Å². The molecule has 0 radical (unpaired) electrons. The average molecular weight is 468 g/mol. The monoisotopic (exact) mass is 468 g/mol. The highest BCUT2D eigenvalue weighted by atomic mass is 16.6. The maximum Gasteiger partial charge on any atom is 0.408 e. The number of nitrogens with one attached hydrogen (secondary N) is 2. The van der Waals surface area contributed by atoms with E-state index in [0.29, 0.717) is 0 Å². The average Bonchev–Trinajstić information content (AvgIpc) is 3.28. The zero-order chi connectivity index (χ0) is 24.9. The number of amides is 2. The van der Waals surface area contributed by atoms with Gasteiger partial charge in [-0.15, -0.1) is 0 Å². The second-order valence-electron chi connectivity index (χ2n) is 8.12. The van der Waals surface area contributed by atoms with Gasteiger partial charge in [0.05, 0.1) is 5.69 Å². The lowest BCUT2D eigenvalue weighted by molar-refractivity contribution is -0.136. The molecule has 0 aliphatic heterocycles. The quantitative estimate of drug-likeness (QED) is 0.428. The Morgan fingerprint density at radius 2 is 1.82 bits per heavy atom. The summed E-state index contributed by atoms with van der Waals surface area (Å²) in [5, 5.41) is 4.88. The number of aromatic nitrogens is 4. The first-order valence-electron chi connectivity index (χ1n) is 10.2. The highest BCUT2D eigenvalue weighted by Crippen LogP contribution is 2.22. The largest absolute Gasteiger partial charge is 0.444 e. The van der Waals surface area contributed by atoms with E-state index in [4.69, 9.17) is 9.47 Å². The molecule has 0 unspecified atom stereocenters. The molecule has 0 spiro atoms. The third kappa shape index (κ3) is 6.28. The fourth-order valence-electron chi connectivity index (χ4n) is 2.69. The topological polar surface area (TPSA) is 146 Å². The van der Waals surface area contributed by atoms with Crippen LogP contribution in [0.2, 0.25) is 0 Å². The van der Waals surface area contributed by atoms with Gasteiger partial charge in [0.1, 0.15) is 23.8 Å². The van der Waals surface area contributed by atoms with Crippen LogP contribution in [0.25, 0.3) is 5.69 Å². The van der Waals surface area contributed by atoms with Gasteiger partial charge < -0.3 is 14.8 Å². The van der Waals surface area contributed by atoms with Crippen molar-refractivity contribution in [1.29, 1.82) is 0 Å². The second kappa shape index (κ2) is 9.98. The minimum absolute atomic E-state index is 0.0320. The molecule has 178 valence electrons. The molecule has 2 heterocycles. The molecule has 0 aliphatic carbocycles. The highest BCUT2D eigenvalue weighted by molar-refractivity contribution is 5.89. The Bertz CT molecular complexity index is 1250. The van der Waals surface area contributed by atoms with Crippen molar-refractivity contribution in [2.45, 2.75) is 39.3 Å². The fourth-order valence-corrected chi connectivity index (χ4v) is 2.69. The molecule has 0 saturated carbocycles. The van der Waals surface area contributed by atoms with E-state index < -0.39 is 35.4 Å². The summed E-state index contributed by atoms with van der Waals surface area (Å²) in [7, 11) is 0. The number of ether oxygens (including phenoxy) is 2. The molecule has 2 aromatic heterocycles. The molecule has 0 aliphatic rings. The molecule has 0 fully saturated rings. The first-order valence-corrected chi connectivity index (χ1v) is 10.2. The summed E-state index contributed by atoms with van der Waals surface area (Å²) >= 11 is 0. The summed E-state index contributed by atoms with van der Waals surface area (Å²) in [4.78, 5) is 56.8. The highest BCUT2D eigenvalue weighted by Gasteiger charge is 2.23. The zero-order valence-corrected chi connectivity index (χ0v) is 19.0. The second-order valence-corrected chi connectivity index (χ2v) is 8.12. The van der Waals surface area contributed by atoms with Crippen molar-refractivity contribution < 1.29 is 23.9 Å². The maximum absolute atomic E-state index is 12.6. The lowest BCUT2D eigenvalue weighted by Crippen LogP contribution is -2.43. The number of anilines is 1. The van der Waals surface area contributed by atoms with Crippen LogP contribution in [0.15, 0.2) is 60.0 Å². The van der Waals surface area contributed by atoms with Gasteiger partial charge in [0.25, 0.3) is 0 Å². The van der Waals surface area contributed by atoms with Crippen LogP contribution in [0, 0.1) is 0 Å². The Morgan fingerprint density at radius 3 is 2.47 bits per heavy atom. The number of imidazole rings is 1. The van der Waals surface area contributed by atoms with E-state index in [1.807, 2.05) is 0 Å². The number of hydrogen-bond donors (Lipinski definition) is 2. The number of hydrogen-bond acceptors (Lipinski definition) is 8. The van der Waals surface area contributed by atoms with E-state index in [-0.39, 0.29) is 17.3 Å². The van der Waals surface area contributed by atoms with Gasteiger partial charge in [0, 0.05) is 18.6 Å². The van der Waals surface area contributed by atoms with Crippen LogP contribution in [0.5, 0.6) is 5.75 Å². The molecule has 2 amide bonds. The summed E-state index contributed by atoms with van der Waals surface area (Å²) in [6, 6.07) is 6.19. The Morgan fingerprint density at radius 1 is 1.09 bits per heavy atom. The van der Waals surface area contributed by atoms with Crippen LogP contribution in [-0.2, 0) is 9.53 Å². The minimum Gasteiger partial charge on any atom is -0.444 e. The fraction of sp³-hybridized carbons (Fsp3) is 0.273. The number of carbonyl (C=O) groups is 3. The summed E-state index contributed by atoms with van der Waals surface area (Å²) < 4.78 is 12.9. The molecule has 3 rings (SSSR count). The van der Waals surface area contributed by atoms with Crippen LogP contribution >= 0.6 is 0 Å². The van der Waals surface area contributed by atoms with Crippen molar-refractivity contribution in [3.63, 3.8) is 0 Å². The molecule has 0 saturated heterocycles. The Balaban J connectivity index is 1.74. The van der Waals surface area contributed by atoms with Gasteiger partial charge in [-0.2, -0.15) is 4.98 Å². The van der Waals surface area contributed by atoms with Gasteiger partial charge in [0.15, 0.2) is 5.75 Å². The van der Waals surface area contributed by atoms with Gasteiger partial charge in [-0.05, 0) is 45.9 Å². The van der Waals surface area contributed by atoms with Crippen LogP contribution in [0.1, 0.15) is 27.7 Å². The van der Waals surface area contributed by atoms with E-state index in [2.05, 4.69) is 20.6 Å². The number of para-hydroxylation sites is 2. The third-order valence-electron chi connectivity index (χ3n) is 4.20. The summed E-state index contributed by atoms with van der Waals surface area (Å²) in [5.74, 6) is -0.655. The van der Waals surface area contributed by atoms with Gasteiger partial charge in [-0.3, -0.25) is 14.5 Å². The molecule has 1 aromatic carbocycles. The van der Waals surface area contributed by atoms with Crippen molar-refractivity contribution in [2.75, 3.05) is 5.32 Å². The first kappa shape index (κ1) is 24.2. The molecule has 12 heteroatoms. The standard InChI is InChI=1S/C22H24N6O6/c1-14(24-21(32)34-22(2,3)4)18(29)33-16-8-6-5-7-15(16)28-11-9-17(26-20(28)31)25-19(30)27-12-10-23-13-27/h5-14H,1-4H3,(H,24,32)(H,25,26,30,31)/t14-/m0/s1. The number of nitrogens with zero attached hydrogens (tertiary/aromatic N) is 4. The van der Waals surface area contributed by atoms with Crippen LogP contribution in [0.4, 0.5) is 15.4 Å². The summed E-state index contributed by atoms with van der Waals surface area (Å²) in [6.07, 6.45) is 4.81. The molecular weight excluding hydrogens is 444 g/mol. The SMILES string of the molecule is C[C@H](NC(=O)OC(C)(C)C)C(=O)Oc1ccccc1-n1ccc(NC(=O)n2ccnc2)nc1=O. The number of carbonyl (C=O) groups excluding carboxylic acids is 3. The Labute approximate surface area is 194 Å². The maximum atomic E-state index is 12.6. The van der Waals surface area contributed by atoms with Gasteiger partial charge in [-0.25, -0.2) is 24.2 Å². The molecule has 1 atom stereocenters. The zero-order valence-electron chi connectivity index (χ0n) is 19.0. The number of alkyl carbamates (subject to hydrolysis) is 1. The lowest BCUT2D eigenvalue weighted by atomic mass is 10.2.